The molecule has 0 radical (unpaired) electrons. The molecule has 1 amide bonds. The lowest BCUT2D eigenvalue weighted by molar-refractivity contribution is -0.200. The molecule has 8 nitrogen and oxygen atoms in total. The van der Waals surface area contributed by atoms with E-state index in [1.165, 1.54) is 11.8 Å². The minimum atomic E-state index is -1.29. The number of aliphatic hydroxyl groups excluding tert-OH is 4. The molecule has 5 atom stereocenters. The molecule has 2 aromatic rings. The van der Waals surface area contributed by atoms with E-state index in [0.717, 1.165) is 22.3 Å². The third-order valence-electron chi connectivity index (χ3n) is 6.06. The molecule has 1 fully saturated rings. The summed E-state index contributed by atoms with van der Waals surface area (Å²) in [5, 5.41) is 42.9. The number of thioether (sulfide) groups is 1. The topological polar surface area (TPSA) is 128 Å². The summed E-state index contributed by atoms with van der Waals surface area (Å²) >= 11 is 1.29. The van der Waals surface area contributed by atoms with Gasteiger partial charge in [-0.15, -0.1) is 11.8 Å². The van der Waals surface area contributed by atoms with Crippen molar-refractivity contribution < 1.29 is 34.7 Å². The molecule has 0 saturated carbocycles. The maximum atomic E-state index is 12.0. The van der Waals surface area contributed by atoms with Gasteiger partial charge >= 0.3 is 0 Å². The highest BCUT2D eigenvalue weighted by atomic mass is 32.2. The first kappa shape index (κ1) is 27.4. The van der Waals surface area contributed by atoms with Crippen molar-refractivity contribution in [1.29, 1.82) is 0 Å². The second kappa shape index (κ2) is 11.7. The van der Waals surface area contributed by atoms with Crippen molar-refractivity contribution in [2.75, 3.05) is 19.5 Å². The first-order chi connectivity index (χ1) is 16.5. The summed E-state index contributed by atoms with van der Waals surface area (Å²) in [6, 6.07) is 13.2. The molecule has 35 heavy (non-hydrogen) atoms. The van der Waals surface area contributed by atoms with Gasteiger partial charge in [-0.3, -0.25) is 4.79 Å². The van der Waals surface area contributed by atoms with Crippen molar-refractivity contribution in [2.24, 2.45) is 0 Å². The Morgan fingerprint density at radius 3 is 2.40 bits per heavy atom. The number of hydrogen-bond acceptors (Lipinski definition) is 8. The first-order valence-corrected chi connectivity index (χ1v) is 12.8. The van der Waals surface area contributed by atoms with Crippen LogP contribution in [0.3, 0.4) is 0 Å². The zero-order valence-electron chi connectivity index (χ0n) is 20.5. The number of nitrogens with one attached hydrogen (secondary N) is 1. The Labute approximate surface area is 210 Å². The number of aliphatic hydroxyl groups is 4. The zero-order chi connectivity index (χ0) is 25.8. The van der Waals surface area contributed by atoms with Crippen LogP contribution >= 0.6 is 11.8 Å². The third-order valence-corrected chi connectivity index (χ3v) is 6.92. The summed E-state index contributed by atoms with van der Waals surface area (Å²) in [5.41, 5.74) is 2.55. The Morgan fingerprint density at radius 2 is 1.77 bits per heavy atom. The van der Waals surface area contributed by atoms with Gasteiger partial charge in [-0.2, -0.15) is 0 Å². The van der Waals surface area contributed by atoms with Gasteiger partial charge in [0.2, 0.25) is 0 Å². The number of carbonyl (C=O) groups is 1. The van der Waals surface area contributed by atoms with Crippen molar-refractivity contribution in [1.82, 2.24) is 5.32 Å². The van der Waals surface area contributed by atoms with Gasteiger partial charge in [0.15, 0.2) is 6.61 Å². The summed E-state index contributed by atoms with van der Waals surface area (Å²) in [7, 11) is 0. The number of ether oxygens (including phenoxy) is 2. The van der Waals surface area contributed by atoms with Gasteiger partial charge < -0.3 is 35.2 Å². The first-order valence-electron chi connectivity index (χ1n) is 11.5. The van der Waals surface area contributed by atoms with Crippen LogP contribution in [0.2, 0.25) is 0 Å². The van der Waals surface area contributed by atoms with Gasteiger partial charge in [0.1, 0.15) is 35.6 Å². The van der Waals surface area contributed by atoms with Crippen molar-refractivity contribution in [2.45, 2.75) is 62.6 Å². The van der Waals surface area contributed by atoms with Crippen LogP contribution in [0.5, 0.6) is 5.75 Å². The molecule has 1 aliphatic heterocycles. The van der Waals surface area contributed by atoms with E-state index in [-0.39, 0.29) is 19.1 Å². The standard InChI is InChI=1S/C26H35NO7S/c1-15-5-8-17(24-22(31)21(30)23(32)25(34-24)35-4)12-18(15)11-16-6-9-19(10-7-16)33-13-20(29)27-26(2,3)14-28/h5-10,12,21-25,28,30-32H,11,13-14H2,1-4H3,(H,27,29)/t21-,22-,23+,24+,25-/m1/s1. The van der Waals surface area contributed by atoms with Crippen LogP contribution in [0.1, 0.15) is 42.2 Å². The summed E-state index contributed by atoms with van der Waals surface area (Å²) in [6.45, 7) is 5.14. The van der Waals surface area contributed by atoms with Crippen LogP contribution in [-0.4, -0.2) is 75.1 Å². The Morgan fingerprint density at radius 1 is 1.09 bits per heavy atom. The molecule has 1 saturated heterocycles. The van der Waals surface area contributed by atoms with Crippen molar-refractivity contribution in [3.63, 3.8) is 0 Å². The van der Waals surface area contributed by atoms with Crippen LogP contribution in [0.25, 0.3) is 0 Å². The minimum absolute atomic E-state index is 0.148. The number of rotatable bonds is 9. The predicted octanol–water partition coefficient (Wildman–Crippen LogP) is 1.69. The normalized spacial score (nSPS) is 24.7. The molecule has 1 heterocycles. The number of aryl methyl sites for hydroxylation is 1. The molecule has 2 aromatic carbocycles. The number of hydrogen-bond donors (Lipinski definition) is 5. The third kappa shape index (κ3) is 6.97. The van der Waals surface area contributed by atoms with Crippen LogP contribution in [-0.2, 0) is 16.0 Å². The van der Waals surface area contributed by atoms with E-state index in [0.29, 0.717) is 12.2 Å². The largest absolute Gasteiger partial charge is 0.484 e. The maximum Gasteiger partial charge on any atom is 0.258 e. The fraction of sp³-hybridized carbons (Fsp3) is 0.500. The molecule has 3 rings (SSSR count). The molecule has 5 N–H and O–H groups in total. The van der Waals surface area contributed by atoms with Crippen LogP contribution in [0.4, 0.5) is 0 Å². The average Bonchev–Trinajstić information content (AvgIpc) is 2.83. The molecular formula is C26H35NO7S. The zero-order valence-corrected chi connectivity index (χ0v) is 21.3. The fourth-order valence-corrected chi connectivity index (χ4v) is 4.57. The van der Waals surface area contributed by atoms with Gasteiger partial charge in [-0.25, -0.2) is 0 Å². The summed E-state index contributed by atoms with van der Waals surface area (Å²) in [4.78, 5) is 12.0. The number of amides is 1. The van der Waals surface area contributed by atoms with E-state index in [1.807, 2.05) is 37.3 Å². The Bertz CT molecular complexity index is 996. The van der Waals surface area contributed by atoms with Crippen LogP contribution < -0.4 is 10.1 Å². The van der Waals surface area contributed by atoms with E-state index >= 15 is 0 Å². The fourth-order valence-electron chi connectivity index (χ4n) is 3.90. The van der Waals surface area contributed by atoms with E-state index in [4.69, 9.17) is 9.47 Å². The SMILES string of the molecule is CS[C@H]1O[C@@H](c2ccc(C)c(Cc3ccc(OCC(=O)NC(C)(C)CO)cc3)c2)[C@H](O)[C@@H](O)[C@@H]1O. The minimum Gasteiger partial charge on any atom is -0.484 e. The van der Waals surface area contributed by atoms with Gasteiger partial charge in [0, 0.05) is 0 Å². The molecule has 0 unspecified atom stereocenters. The maximum absolute atomic E-state index is 12.0. The lowest BCUT2D eigenvalue weighted by atomic mass is 9.91. The second-order valence-electron chi connectivity index (χ2n) is 9.52. The van der Waals surface area contributed by atoms with Gasteiger partial charge in [0.25, 0.3) is 5.91 Å². The molecule has 0 bridgehead atoms. The number of benzene rings is 2. The highest BCUT2D eigenvalue weighted by Gasteiger charge is 2.44. The predicted molar refractivity (Wildman–Crippen MR) is 134 cm³/mol. The Kier molecular flexibility index (Phi) is 9.20. The molecule has 0 aliphatic carbocycles. The Balaban J connectivity index is 1.66. The summed E-state index contributed by atoms with van der Waals surface area (Å²) in [6.07, 6.45) is -2.02. The monoisotopic (exact) mass is 505 g/mol. The van der Waals surface area contributed by atoms with E-state index < -0.39 is 35.4 Å². The van der Waals surface area contributed by atoms with Crippen LogP contribution in [0, 0.1) is 6.92 Å². The molecule has 9 heteroatoms. The summed E-state index contributed by atoms with van der Waals surface area (Å²) in [5.74, 6) is 0.250. The smallest absolute Gasteiger partial charge is 0.258 e. The van der Waals surface area contributed by atoms with Crippen molar-refractivity contribution in [3.05, 3.63) is 64.7 Å². The summed E-state index contributed by atoms with van der Waals surface area (Å²) < 4.78 is 11.5. The van der Waals surface area contributed by atoms with Gasteiger partial charge in [0.05, 0.1) is 12.1 Å². The molecular weight excluding hydrogens is 470 g/mol. The van der Waals surface area contributed by atoms with Crippen molar-refractivity contribution in [3.8, 4) is 5.75 Å². The van der Waals surface area contributed by atoms with E-state index in [1.54, 1.807) is 32.2 Å². The quantitative estimate of drug-likeness (QED) is 0.348. The molecule has 1 aliphatic rings. The average molecular weight is 506 g/mol. The van der Waals surface area contributed by atoms with Gasteiger partial charge in [-0.05, 0) is 67.8 Å². The lowest BCUT2D eigenvalue weighted by Crippen LogP contribution is -2.52. The second-order valence-corrected chi connectivity index (χ2v) is 10.5. The molecule has 0 spiro atoms. The number of carbonyl (C=O) groups excluding carboxylic acids is 1. The Hall–Kier alpha value is -2.14. The van der Waals surface area contributed by atoms with E-state index in [9.17, 15) is 25.2 Å². The van der Waals surface area contributed by atoms with Gasteiger partial charge in [-0.1, -0.05) is 30.3 Å². The van der Waals surface area contributed by atoms with Crippen LogP contribution in [0.15, 0.2) is 42.5 Å². The molecule has 192 valence electrons. The lowest BCUT2D eigenvalue weighted by Gasteiger charge is -2.40. The van der Waals surface area contributed by atoms with E-state index in [2.05, 4.69) is 5.32 Å². The highest BCUT2D eigenvalue weighted by molar-refractivity contribution is 7.99. The van der Waals surface area contributed by atoms with Crippen molar-refractivity contribution >= 4 is 17.7 Å². The molecule has 0 aromatic heterocycles. The highest BCUT2D eigenvalue weighted by Crippen LogP contribution is 2.36.